The minimum absolute atomic E-state index is 0.0955. The van der Waals surface area contributed by atoms with Gasteiger partial charge in [-0.2, -0.15) is 0 Å². The highest BCUT2D eigenvalue weighted by atomic mass is 16.5. The molecule has 1 atom stereocenters. The lowest BCUT2D eigenvalue weighted by Gasteiger charge is -2.34. The molecule has 132 valence electrons. The van der Waals surface area contributed by atoms with E-state index in [0.717, 1.165) is 16.7 Å². The van der Waals surface area contributed by atoms with E-state index in [2.05, 4.69) is 42.9 Å². The summed E-state index contributed by atoms with van der Waals surface area (Å²) in [6.07, 6.45) is 3.70. The zero-order valence-corrected chi connectivity index (χ0v) is 15.1. The first-order valence-electron chi connectivity index (χ1n) is 8.54. The summed E-state index contributed by atoms with van der Waals surface area (Å²) in [7, 11) is 0. The van der Waals surface area contributed by atoms with Crippen molar-refractivity contribution in [1.29, 1.82) is 0 Å². The molecule has 2 aliphatic heterocycles. The molecule has 0 radical (unpaired) electrons. The third-order valence-electron chi connectivity index (χ3n) is 4.54. The van der Waals surface area contributed by atoms with E-state index in [-0.39, 0.29) is 11.2 Å². The van der Waals surface area contributed by atoms with Gasteiger partial charge in [0.2, 0.25) is 5.88 Å². The summed E-state index contributed by atoms with van der Waals surface area (Å²) in [5.41, 5.74) is 7.98. The average molecular weight is 347 g/mol. The summed E-state index contributed by atoms with van der Waals surface area (Å²) < 4.78 is 5.99. The third-order valence-corrected chi connectivity index (χ3v) is 4.54. The van der Waals surface area contributed by atoms with Crippen LogP contribution < -0.4 is 15.8 Å². The molecule has 0 unspecified atom stereocenters. The zero-order valence-electron chi connectivity index (χ0n) is 15.1. The lowest BCUT2D eigenvalue weighted by molar-refractivity contribution is 0.402. The number of fused-ring (bicyclic) bond motifs is 4. The average Bonchev–Trinajstić information content (AvgIpc) is 2.96. The predicted molar refractivity (Wildman–Crippen MR) is 99.8 cm³/mol. The van der Waals surface area contributed by atoms with Gasteiger partial charge in [-0.25, -0.2) is 4.98 Å². The predicted octanol–water partition coefficient (Wildman–Crippen LogP) is 2.98. The molecule has 26 heavy (non-hydrogen) atoms. The molecule has 4 rings (SSSR count). The van der Waals surface area contributed by atoms with Crippen molar-refractivity contribution in [2.45, 2.75) is 26.2 Å². The van der Waals surface area contributed by atoms with Crippen LogP contribution in [0.3, 0.4) is 0 Å². The molecule has 0 aliphatic carbocycles. The number of nitrogens with one attached hydrogen (secondary N) is 1. The van der Waals surface area contributed by atoms with Gasteiger partial charge in [0.25, 0.3) is 0 Å². The highest BCUT2D eigenvalue weighted by molar-refractivity contribution is 5.63. The topological polar surface area (TPSA) is 80.4 Å². The largest absolute Gasteiger partial charge is 0.508 e. The van der Waals surface area contributed by atoms with Gasteiger partial charge < -0.3 is 20.9 Å². The maximum absolute atomic E-state index is 10.0. The first kappa shape index (κ1) is 16.3. The molecule has 1 spiro atoms. The van der Waals surface area contributed by atoms with Crippen molar-refractivity contribution in [2.75, 3.05) is 6.54 Å². The normalized spacial score (nSPS) is 20.2. The van der Waals surface area contributed by atoms with Crippen LogP contribution in [0.5, 0.6) is 17.4 Å². The minimum Gasteiger partial charge on any atom is -0.508 e. The Hall–Kier alpha value is -3.13. The maximum Gasteiger partial charge on any atom is 0.223 e. The number of ether oxygens (including phenoxy) is 1. The van der Waals surface area contributed by atoms with Crippen LogP contribution in [0.4, 0.5) is 0 Å². The molecule has 0 amide bonds. The molecule has 1 aromatic carbocycles. The number of aromatic hydroxyl groups is 1. The van der Waals surface area contributed by atoms with Crippen molar-refractivity contribution in [2.24, 2.45) is 11.1 Å². The number of aromatic nitrogens is 1. The molecule has 0 saturated carbocycles. The second kappa shape index (κ2) is 5.43. The highest BCUT2D eigenvalue weighted by Crippen LogP contribution is 2.50. The van der Waals surface area contributed by atoms with Crippen LogP contribution in [0.25, 0.3) is 0 Å². The van der Waals surface area contributed by atoms with Crippen LogP contribution in [0, 0.1) is 17.3 Å². The number of phenols is 1. The molecular formula is C21H21N3O2. The van der Waals surface area contributed by atoms with Crippen LogP contribution in [-0.4, -0.2) is 16.6 Å². The van der Waals surface area contributed by atoms with Crippen LogP contribution in [-0.2, 0) is 5.41 Å². The monoisotopic (exact) mass is 347 g/mol. The van der Waals surface area contributed by atoms with E-state index < -0.39 is 5.41 Å². The lowest BCUT2D eigenvalue weighted by atomic mass is 9.73. The fraction of sp³-hybridized carbons (Fsp3) is 0.286. The number of pyridine rings is 1. The molecule has 2 aromatic rings. The van der Waals surface area contributed by atoms with Crippen molar-refractivity contribution >= 4 is 0 Å². The Labute approximate surface area is 152 Å². The Bertz CT molecular complexity index is 993. The Morgan fingerprint density at radius 1 is 1.27 bits per heavy atom. The van der Waals surface area contributed by atoms with Crippen molar-refractivity contribution in [3.05, 3.63) is 59.0 Å². The Morgan fingerprint density at radius 2 is 2.08 bits per heavy atom. The van der Waals surface area contributed by atoms with E-state index >= 15 is 0 Å². The fourth-order valence-corrected chi connectivity index (χ4v) is 3.34. The van der Waals surface area contributed by atoms with Crippen molar-refractivity contribution in [3.63, 3.8) is 0 Å². The summed E-state index contributed by atoms with van der Waals surface area (Å²) >= 11 is 0. The Balaban J connectivity index is 1.92. The summed E-state index contributed by atoms with van der Waals surface area (Å²) in [4.78, 5) is 4.50. The molecule has 0 bridgehead atoms. The van der Waals surface area contributed by atoms with Gasteiger partial charge in [-0.3, -0.25) is 0 Å². The molecule has 5 heteroatoms. The van der Waals surface area contributed by atoms with Gasteiger partial charge >= 0.3 is 0 Å². The van der Waals surface area contributed by atoms with Crippen LogP contribution in [0.2, 0.25) is 0 Å². The number of benzene rings is 1. The second-order valence-electron chi connectivity index (χ2n) is 7.78. The molecule has 2 aliphatic rings. The van der Waals surface area contributed by atoms with E-state index in [9.17, 15) is 5.11 Å². The minimum atomic E-state index is -0.543. The maximum atomic E-state index is 10.0. The smallest absolute Gasteiger partial charge is 0.223 e. The zero-order chi connectivity index (χ0) is 18.5. The molecule has 1 aromatic heterocycles. The number of nitrogens with zero attached hydrogens (tertiary/aromatic N) is 1. The first-order valence-corrected chi connectivity index (χ1v) is 8.54. The summed E-state index contributed by atoms with van der Waals surface area (Å²) in [6.45, 7) is 6.78. The number of rotatable bonds is 0. The van der Waals surface area contributed by atoms with Gasteiger partial charge in [0.15, 0.2) is 0 Å². The molecule has 3 heterocycles. The Morgan fingerprint density at radius 3 is 2.77 bits per heavy atom. The van der Waals surface area contributed by atoms with E-state index in [4.69, 9.17) is 10.5 Å². The van der Waals surface area contributed by atoms with Gasteiger partial charge in [-0.15, -0.1) is 0 Å². The van der Waals surface area contributed by atoms with E-state index in [1.54, 1.807) is 24.4 Å². The van der Waals surface area contributed by atoms with E-state index in [1.165, 1.54) is 0 Å². The van der Waals surface area contributed by atoms with Gasteiger partial charge in [0.05, 0.1) is 11.2 Å². The van der Waals surface area contributed by atoms with Gasteiger partial charge in [0.1, 0.15) is 11.5 Å². The van der Waals surface area contributed by atoms with Gasteiger partial charge in [-0.05, 0) is 51.1 Å². The molecule has 4 N–H and O–H groups in total. The quantitative estimate of drug-likeness (QED) is 0.639. The SMILES string of the molecule is CC(C)(C)C#Cc1cnc2c(c1)[C@]1(C=C(N)NC1)c1cc(O)ccc1O2. The number of nitrogens with two attached hydrogens (primary N) is 1. The van der Waals surface area contributed by atoms with Crippen molar-refractivity contribution in [3.8, 4) is 29.2 Å². The number of phenolic OH excluding ortho intramolecular Hbond substituents is 1. The van der Waals surface area contributed by atoms with Gasteiger partial charge in [0, 0.05) is 34.8 Å². The Kier molecular flexibility index (Phi) is 3.42. The number of hydrogen-bond acceptors (Lipinski definition) is 5. The van der Waals surface area contributed by atoms with E-state index in [1.807, 2.05) is 12.1 Å². The molecule has 0 saturated heterocycles. The summed E-state index contributed by atoms with van der Waals surface area (Å²) in [5, 5.41) is 13.2. The van der Waals surface area contributed by atoms with Crippen molar-refractivity contribution in [1.82, 2.24) is 10.3 Å². The van der Waals surface area contributed by atoms with Gasteiger partial charge in [-0.1, -0.05) is 11.8 Å². The van der Waals surface area contributed by atoms with E-state index in [0.29, 0.717) is 24.0 Å². The van der Waals surface area contributed by atoms with Crippen LogP contribution >= 0.6 is 0 Å². The number of hydrogen-bond donors (Lipinski definition) is 3. The standard InChI is InChI=1S/C21H21N3O2/c1-20(2,3)7-6-13-8-16-19(23-11-13)26-17-5-4-14(25)9-15(17)21(16)10-18(22)24-12-21/h4-5,8-11,24-25H,12,22H2,1-3H3/t21-/m0/s1. The first-order chi connectivity index (χ1) is 12.3. The highest BCUT2D eigenvalue weighted by Gasteiger charge is 2.44. The van der Waals surface area contributed by atoms with Crippen LogP contribution in [0.1, 0.15) is 37.5 Å². The van der Waals surface area contributed by atoms with Crippen molar-refractivity contribution < 1.29 is 9.84 Å². The molecule has 5 nitrogen and oxygen atoms in total. The summed E-state index contributed by atoms with van der Waals surface area (Å²) in [6, 6.07) is 7.09. The second-order valence-corrected chi connectivity index (χ2v) is 7.78. The fourth-order valence-electron chi connectivity index (χ4n) is 3.34. The third kappa shape index (κ3) is 2.64. The lowest BCUT2D eigenvalue weighted by Crippen LogP contribution is -2.34. The molecular weight excluding hydrogens is 326 g/mol. The van der Waals surface area contributed by atoms with Crippen LogP contribution in [0.15, 0.2) is 42.4 Å². The summed E-state index contributed by atoms with van der Waals surface area (Å²) in [5.74, 6) is 8.42. The molecule has 0 fully saturated rings.